The third-order valence-electron chi connectivity index (χ3n) is 3.23. The molecule has 3 rings (SSSR count). The first-order valence-corrected chi connectivity index (χ1v) is 8.25. The molecule has 3 aromatic rings. The molecule has 2 nitrogen and oxygen atoms in total. The van der Waals surface area contributed by atoms with Crippen LogP contribution in [0.4, 0.5) is 5.69 Å². The van der Waals surface area contributed by atoms with Gasteiger partial charge in [-0.3, -0.25) is 4.79 Å². The van der Waals surface area contributed by atoms with E-state index in [0.717, 1.165) is 21.4 Å². The lowest BCUT2D eigenvalue weighted by Crippen LogP contribution is -2.14. The Balaban J connectivity index is 1.68. The number of anilines is 1. The van der Waals surface area contributed by atoms with Gasteiger partial charge in [0.15, 0.2) is 0 Å². The van der Waals surface area contributed by atoms with Crippen LogP contribution in [0.15, 0.2) is 71.6 Å². The number of benzene rings is 3. The van der Waals surface area contributed by atoms with E-state index in [1.807, 2.05) is 66.7 Å². The number of carbonyl (C=O) groups excluding carboxylic acids is 1. The van der Waals surface area contributed by atoms with E-state index in [2.05, 4.69) is 5.32 Å². The maximum absolute atomic E-state index is 12.1. The number of thioether (sulfide) groups is 1. The van der Waals surface area contributed by atoms with Crippen LogP contribution < -0.4 is 5.32 Å². The maximum atomic E-state index is 12.1. The quantitative estimate of drug-likeness (QED) is 0.665. The Bertz CT molecular complexity index is 814. The van der Waals surface area contributed by atoms with Gasteiger partial charge in [-0.2, -0.15) is 0 Å². The van der Waals surface area contributed by atoms with Gasteiger partial charge in [-0.25, -0.2) is 0 Å². The predicted octanol–water partition coefficient (Wildman–Crippen LogP) is 5.22. The summed E-state index contributed by atoms with van der Waals surface area (Å²) in [5, 5.41) is 5.82. The zero-order valence-electron chi connectivity index (χ0n) is 11.8. The molecule has 0 spiro atoms. The van der Waals surface area contributed by atoms with Crippen molar-refractivity contribution in [3.05, 3.63) is 71.8 Å². The van der Waals surface area contributed by atoms with Crippen molar-refractivity contribution in [2.75, 3.05) is 11.1 Å². The Morgan fingerprint density at radius 2 is 1.77 bits per heavy atom. The molecular formula is C18H14ClNOS. The first-order chi connectivity index (χ1) is 10.7. The fourth-order valence-electron chi connectivity index (χ4n) is 2.23. The van der Waals surface area contributed by atoms with Gasteiger partial charge in [0.1, 0.15) is 0 Å². The van der Waals surface area contributed by atoms with E-state index in [-0.39, 0.29) is 5.91 Å². The Morgan fingerprint density at radius 3 is 2.64 bits per heavy atom. The van der Waals surface area contributed by atoms with Crippen molar-refractivity contribution < 1.29 is 4.79 Å². The second-order valence-corrected chi connectivity index (χ2v) is 6.31. The lowest BCUT2D eigenvalue weighted by Gasteiger charge is -2.08. The number of fused-ring (bicyclic) bond motifs is 1. The normalized spacial score (nSPS) is 10.6. The highest BCUT2D eigenvalue weighted by Gasteiger charge is 2.06. The highest BCUT2D eigenvalue weighted by molar-refractivity contribution is 8.00. The topological polar surface area (TPSA) is 29.1 Å². The molecule has 0 unspecified atom stereocenters. The minimum Gasteiger partial charge on any atom is -0.325 e. The van der Waals surface area contributed by atoms with Crippen LogP contribution in [-0.4, -0.2) is 11.7 Å². The van der Waals surface area contributed by atoms with Crippen LogP contribution in [-0.2, 0) is 4.79 Å². The van der Waals surface area contributed by atoms with Crippen molar-refractivity contribution in [2.45, 2.75) is 4.90 Å². The van der Waals surface area contributed by atoms with Gasteiger partial charge in [-0.15, -0.1) is 11.8 Å². The molecule has 22 heavy (non-hydrogen) atoms. The minimum atomic E-state index is -0.0265. The molecule has 0 atom stereocenters. The zero-order valence-corrected chi connectivity index (χ0v) is 13.3. The molecule has 0 fully saturated rings. The summed E-state index contributed by atoms with van der Waals surface area (Å²) in [6.07, 6.45) is 0. The molecule has 110 valence electrons. The van der Waals surface area contributed by atoms with E-state index >= 15 is 0 Å². The van der Waals surface area contributed by atoms with E-state index in [9.17, 15) is 4.79 Å². The average molecular weight is 328 g/mol. The molecule has 0 saturated heterocycles. The fraction of sp³-hybridized carbons (Fsp3) is 0.0556. The van der Waals surface area contributed by atoms with Crippen LogP contribution in [0.1, 0.15) is 0 Å². The fourth-order valence-corrected chi connectivity index (χ4v) is 3.24. The molecule has 3 aromatic carbocycles. The summed E-state index contributed by atoms with van der Waals surface area (Å²) >= 11 is 7.41. The predicted molar refractivity (Wildman–Crippen MR) is 94.8 cm³/mol. The summed E-state index contributed by atoms with van der Waals surface area (Å²) in [6, 6.07) is 21.4. The van der Waals surface area contributed by atoms with Crippen molar-refractivity contribution in [1.29, 1.82) is 0 Å². The molecule has 0 heterocycles. The standard InChI is InChI=1S/C18H14ClNOS/c19-14-7-4-8-15(11-14)22-12-18(21)20-17-10-3-6-13-5-1-2-9-16(13)17/h1-11H,12H2,(H,20,21). The Labute approximate surface area is 138 Å². The smallest absolute Gasteiger partial charge is 0.234 e. The van der Waals surface area contributed by atoms with E-state index < -0.39 is 0 Å². The van der Waals surface area contributed by atoms with Gasteiger partial charge in [0, 0.05) is 21.0 Å². The second-order valence-electron chi connectivity index (χ2n) is 4.82. The van der Waals surface area contributed by atoms with E-state index in [4.69, 9.17) is 11.6 Å². The van der Waals surface area contributed by atoms with Crippen LogP contribution in [0.2, 0.25) is 5.02 Å². The number of hydrogen-bond acceptors (Lipinski definition) is 2. The van der Waals surface area contributed by atoms with Crippen LogP contribution in [0.5, 0.6) is 0 Å². The van der Waals surface area contributed by atoms with Crippen molar-refractivity contribution in [1.82, 2.24) is 0 Å². The molecule has 1 N–H and O–H groups in total. The van der Waals surface area contributed by atoms with Gasteiger partial charge in [-0.1, -0.05) is 54.1 Å². The number of carbonyl (C=O) groups is 1. The Hall–Kier alpha value is -1.97. The van der Waals surface area contributed by atoms with Gasteiger partial charge in [0.2, 0.25) is 5.91 Å². The molecule has 0 saturated carbocycles. The first kappa shape index (κ1) is 14.9. The van der Waals surface area contributed by atoms with Gasteiger partial charge >= 0.3 is 0 Å². The highest BCUT2D eigenvalue weighted by Crippen LogP contribution is 2.24. The monoisotopic (exact) mass is 327 g/mol. The van der Waals surface area contributed by atoms with Crippen LogP contribution >= 0.6 is 23.4 Å². The van der Waals surface area contributed by atoms with Crippen molar-refractivity contribution in [2.24, 2.45) is 0 Å². The van der Waals surface area contributed by atoms with Gasteiger partial charge in [0.25, 0.3) is 0 Å². The minimum absolute atomic E-state index is 0.0265. The molecule has 0 aromatic heterocycles. The molecule has 0 bridgehead atoms. The molecule has 0 radical (unpaired) electrons. The van der Waals surface area contributed by atoms with Crippen molar-refractivity contribution in [3.8, 4) is 0 Å². The molecule has 0 aliphatic carbocycles. The summed E-state index contributed by atoms with van der Waals surface area (Å²) in [6.45, 7) is 0. The van der Waals surface area contributed by atoms with E-state index in [1.165, 1.54) is 11.8 Å². The molecule has 0 aliphatic rings. The number of halogens is 1. The SMILES string of the molecule is O=C(CSc1cccc(Cl)c1)Nc1cccc2ccccc12. The Kier molecular flexibility index (Phi) is 4.66. The summed E-state index contributed by atoms with van der Waals surface area (Å²) < 4.78 is 0. The third-order valence-corrected chi connectivity index (χ3v) is 4.46. The number of rotatable bonds is 4. The number of amides is 1. The van der Waals surface area contributed by atoms with Gasteiger partial charge in [0.05, 0.1) is 5.75 Å². The highest BCUT2D eigenvalue weighted by atomic mass is 35.5. The summed E-state index contributed by atoms with van der Waals surface area (Å²) in [4.78, 5) is 13.1. The first-order valence-electron chi connectivity index (χ1n) is 6.88. The molecule has 1 amide bonds. The Morgan fingerprint density at radius 1 is 1.00 bits per heavy atom. The number of hydrogen-bond donors (Lipinski definition) is 1. The van der Waals surface area contributed by atoms with Crippen LogP contribution in [0.25, 0.3) is 10.8 Å². The van der Waals surface area contributed by atoms with Crippen LogP contribution in [0.3, 0.4) is 0 Å². The maximum Gasteiger partial charge on any atom is 0.234 e. The van der Waals surface area contributed by atoms with E-state index in [0.29, 0.717) is 10.8 Å². The van der Waals surface area contributed by atoms with Crippen LogP contribution in [0, 0.1) is 0 Å². The molecule has 0 aliphatic heterocycles. The van der Waals surface area contributed by atoms with Gasteiger partial charge < -0.3 is 5.32 Å². The molecule has 4 heteroatoms. The van der Waals surface area contributed by atoms with E-state index in [1.54, 1.807) is 0 Å². The lowest BCUT2D eigenvalue weighted by atomic mass is 10.1. The second kappa shape index (κ2) is 6.86. The van der Waals surface area contributed by atoms with Crippen molar-refractivity contribution in [3.63, 3.8) is 0 Å². The molecular weight excluding hydrogens is 314 g/mol. The van der Waals surface area contributed by atoms with Gasteiger partial charge in [-0.05, 0) is 29.7 Å². The average Bonchev–Trinajstić information content (AvgIpc) is 2.53. The summed E-state index contributed by atoms with van der Waals surface area (Å²) in [7, 11) is 0. The summed E-state index contributed by atoms with van der Waals surface area (Å²) in [5.41, 5.74) is 0.842. The van der Waals surface area contributed by atoms with Crippen molar-refractivity contribution >= 4 is 45.7 Å². The lowest BCUT2D eigenvalue weighted by molar-refractivity contribution is -0.113. The third kappa shape index (κ3) is 3.62. The summed E-state index contributed by atoms with van der Waals surface area (Å²) in [5.74, 6) is 0.324. The number of nitrogens with one attached hydrogen (secondary N) is 1. The largest absolute Gasteiger partial charge is 0.325 e. The zero-order chi connectivity index (χ0) is 15.4.